The van der Waals surface area contributed by atoms with Gasteiger partial charge in [0.2, 0.25) is 0 Å². The van der Waals surface area contributed by atoms with Crippen molar-refractivity contribution in [1.29, 1.82) is 0 Å². The van der Waals surface area contributed by atoms with Crippen LogP contribution in [0.15, 0.2) is 18.2 Å². The Morgan fingerprint density at radius 1 is 1.56 bits per heavy atom. The highest BCUT2D eigenvalue weighted by Gasteiger charge is 2.15. The van der Waals surface area contributed by atoms with Gasteiger partial charge in [-0.05, 0) is 24.5 Å². The van der Waals surface area contributed by atoms with Crippen LogP contribution in [0, 0.1) is 10.1 Å². The van der Waals surface area contributed by atoms with Gasteiger partial charge >= 0.3 is 0 Å². The van der Waals surface area contributed by atoms with E-state index in [0.717, 1.165) is 31.6 Å². The van der Waals surface area contributed by atoms with Crippen LogP contribution in [0.25, 0.3) is 0 Å². The largest absolute Gasteiger partial charge is 0.377 e. The second kappa shape index (κ2) is 6.13. The lowest BCUT2D eigenvalue weighted by Gasteiger charge is -2.10. The van der Waals surface area contributed by atoms with Crippen molar-refractivity contribution in [1.82, 2.24) is 5.32 Å². The molecule has 0 saturated carbocycles. The molecule has 5 nitrogen and oxygen atoms in total. The van der Waals surface area contributed by atoms with Gasteiger partial charge in [0.05, 0.1) is 11.0 Å². The van der Waals surface area contributed by atoms with E-state index in [0.29, 0.717) is 6.54 Å². The molecule has 1 aliphatic rings. The van der Waals surface area contributed by atoms with Crippen LogP contribution in [0.5, 0.6) is 0 Å². The fourth-order valence-electron chi connectivity index (χ4n) is 1.99. The van der Waals surface area contributed by atoms with Crippen LogP contribution < -0.4 is 5.32 Å². The van der Waals surface area contributed by atoms with Crippen molar-refractivity contribution >= 4 is 17.3 Å². The number of hydrogen-bond donors (Lipinski definition) is 1. The van der Waals surface area contributed by atoms with Crippen LogP contribution >= 0.6 is 11.6 Å². The van der Waals surface area contributed by atoms with Gasteiger partial charge in [0.25, 0.3) is 5.69 Å². The average molecular weight is 271 g/mol. The van der Waals surface area contributed by atoms with E-state index < -0.39 is 4.92 Å². The molecule has 1 unspecified atom stereocenters. The molecule has 1 aromatic carbocycles. The number of nitrogens with zero attached hydrogens (tertiary/aromatic N) is 1. The van der Waals surface area contributed by atoms with Gasteiger partial charge < -0.3 is 10.1 Å². The first-order chi connectivity index (χ1) is 8.66. The quantitative estimate of drug-likeness (QED) is 0.660. The monoisotopic (exact) mass is 270 g/mol. The van der Waals surface area contributed by atoms with Gasteiger partial charge in [-0.1, -0.05) is 17.7 Å². The molecule has 2 rings (SSSR count). The molecule has 1 aliphatic heterocycles. The van der Waals surface area contributed by atoms with Crippen molar-refractivity contribution in [2.45, 2.75) is 25.5 Å². The summed E-state index contributed by atoms with van der Waals surface area (Å²) in [5.74, 6) is 0. The van der Waals surface area contributed by atoms with Crippen LogP contribution in [0.3, 0.4) is 0 Å². The van der Waals surface area contributed by atoms with Crippen molar-refractivity contribution in [2.75, 3.05) is 13.2 Å². The maximum absolute atomic E-state index is 10.7. The first kappa shape index (κ1) is 13.3. The maximum Gasteiger partial charge on any atom is 0.288 e. The first-order valence-corrected chi connectivity index (χ1v) is 6.30. The average Bonchev–Trinajstić information content (AvgIpc) is 2.84. The molecule has 0 amide bonds. The minimum absolute atomic E-state index is 0.0481. The van der Waals surface area contributed by atoms with E-state index in [-0.39, 0.29) is 16.8 Å². The number of hydrogen-bond acceptors (Lipinski definition) is 4. The fraction of sp³-hybridized carbons (Fsp3) is 0.500. The number of halogens is 1. The molecule has 0 bridgehead atoms. The summed E-state index contributed by atoms with van der Waals surface area (Å²) < 4.78 is 5.48. The van der Waals surface area contributed by atoms with Gasteiger partial charge in [0.1, 0.15) is 5.02 Å². The molecule has 1 aromatic rings. The summed E-state index contributed by atoms with van der Waals surface area (Å²) in [4.78, 5) is 10.3. The third-order valence-electron chi connectivity index (χ3n) is 2.93. The fourth-order valence-corrected chi connectivity index (χ4v) is 2.18. The van der Waals surface area contributed by atoms with Gasteiger partial charge in [0, 0.05) is 25.8 Å². The lowest BCUT2D eigenvalue weighted by molar-refractivity contribution is -0.384. The van der Waals surface area contributed by atoms with Gasteiger partial charge in [0.15, 0.2) is 0 Å². The number of nitrogens with one attached hydrogen (secondary N) is 1. The lowest BCUT2D eigenvalue weighted by atomic mass is 10.2. The Morgan fingerprint density at radius 2 is 2.39 bits per heavy atom. The zero-order chi connectivity index (χ0) is 13.0. The molecule has 0 radical (unpaired) electrons. The predicted molar refractivity (Wildman–Crippen MR) is 68.8 cm³/mol. The van der Waals surface area contributed by atoms with Crippen LogP contribution in [0.1, 0.15) is 18.4 Å². The highest BCUT2D eigenvalue weighted by Crippen LogP contribution is 2.25. The molecule has 1 heterocycles. The van der Waals surface area contributed by atoms with Crippen LogP contribution in [-0.2, 0) is 11.3 Å². The SMILES string of the molecule is O=[N+]([O-])c1cc(CNCC2CCCO2)ccc1Cl. The number of rotatable bonds is 5. The molecule has 1 saturated heterocycles. The molecular formula is C12H15ClN2O3. The summed E-state index contributed by atoms with van der Waals surface area (Å²) in [6, 6.07) is 4.85. The minimum atomic E-state index is -0.466. The van der Waals surface area contributed by atoms with E-state index in [2.05, 4.69) is 5.32 Å². The standard InChI is InChI=1S/C12H15ClN2O3/c13-11-4-3-9(6-12(11)15(16)17)7-14-8-10-2-1-5-18-10/h3-4,6,10,14H,1-2,5,7-8H2. The molecular weight excluding hydrogens is 256 g/mol. The summed E-state index contributed by atoms with van der Waals surface area (Å²) >= 11 is 5.75. The zero-order valence-electron chi connectivity index (χ0n) is 9.89. The Hall–Kier alpha value is -1.17. The van der Waals surface area contributed by atoms with E-state index in [1.807, 2.05) is 0 Å². The maximum atomic E-state index is 10.7. The Bertz CT molecular complexity index is 433. The summed E-state index contributed by atoms with van der Waals surface area (Å²) in [6.07, 6.45) is 2.46. The number of nitro benzene ring substituents is 1. The number of ether oxygens (including phenoxy) is 1. The molecule has 6 heteroatoms. The number of nitro groups is 1. The molecule has 0 aromatic heterocycles. The van der Waals surface area contributed by atoms with Crippen molar-refractivity contribution in [3.63, 3.8) is 0 Å². The molecule has 98 valence electrons. The van der Waals surface area contributed by atoms with Crippen LogP contribution in [0.2, 0.25) is 5.02 Å². The van der Waals surface area contributed by atoms with Gasteiger partial charge in [-0.15, -0.1) is 0 Å². The molecule has 1 atom stereocenters. The smallest absolute Gasteiger partial charge is 0.288 e. The van der Waals surface area contributed by atoms with Gasteiger partial charge in [-0.2, -0.15) is 0 Å². The highest BCUT2D eigenvalue weighted by atomic mass is 35.5. The van der Waals surface area contributed by atoms with Crippen molar-refractivity contribution in [3.8, 4) is 0 Å². The second-order valence-corrected chi connectivity index (χ2v) is 4.72. The van der Waals surface area contributed by atoms with Crippen LogP contribution in [0.4, 0.5) is 5.69 Å². The molecule has 18 heavy (non-hydrogen) atoms. The Balaban J connectivity index is 1.88. The van der Waals surface area contributed by atoms with E-state index in [9.17, 15) is 10.1 Å². The third-order valence-corrected chi connectivity index (χ3v) is 3.25. The van der Waals surface area contributed by atoms with Crippen molar-refractivity contribution < 1.29 is 9.66 Å². The third kappa shape index (κ3) is 3.41. The van der Waals surface area contributed by atoms with E-state index >= 15 is 0 Å². The lowest BCUT2D eigenvalue weighted by Crippen LogP contribution is -2.25. The molecule has 1 fully saturated rings. The predicted octanol–water partition coefficient (Wildman–Crippen LogP) is 2.52. The summed E-state index contributed by atoms with van der Waals surface area (Å²) in [5.41, 5.74) is 0.803. The summed E-state index contributed by atoms with van der Waals surface area (Å²) in [5, 5.41) is 14.1. The summed E-state index contributed by atoms with van der Waals surface area (Å²) in [7, 11) is 0. The topological polar surface area (TPSA) is 64.4 Å². The Morgan fingerprint density at radius 3 is 3.06 bits per heavy atom. The molecule has 1 N–H and O–H groups in total. The van der Waals surface area contributed by atoms with Gasteiger partial charge in [-0.3, -0.25) is 10.1 Å². The van der Waals surface area contributed by atoms with Gasteiger partial charge in [-0.25, -0.2) is 0 Å². The van der Waals surface area contributed by atoms with E-state index in [1.165, 1.54) is 6.07 Å². The zero-order valence-corrected chi connectivity index (χ0v) is 10.7. The minimum Gasteiger partial charge on any atom is -0.377 e. The molecule has 0 aliphatic carbocycles. The van der Waals surface area contributed by atoms with Crippen LogP contribution in [-0.4, -0.2) is 24.2 Å². The summed E-state index contributed by atoms with van der Waals surface area (Å²) in [6.45, 7) is 2.19. The second-order valence-electron chi connectivity index (χ2n) is 4.31. The highest BCUT2D eigenvalue weighted by molar-refractivity contribution is 6.32. The normalized spacial score (nSPS) is 19.1. The first-order valence-electron chi connectivity index (χ1n) is 5.92. The van der Waals surface area contributed by atoms with Crippen molar-refractivity contribution in [2.24, 2.45) is 0 Å². The Kier molecular flexibility index (Phi) is 4.52. The molecule has 0 spiro atoms. The van der Waals surface area contributed by atoms with E-state index in [4.69, 9.17) is 16.3 Å². The van der Waals surface area contributed by atoms with E-state index in [1.54, 1.807) is 12.1 Å². The number of benzene rings is 1. The van der Waals surface area contributed by atoms with Crippen molar-refractivity contribution in [3.05, 3.63) is 38.9 Å². The Labute approximate surface area is 110 Å².